The summed E-state index contributed by atoms with van der Waals surface area (Å²) < 4.78 is 23.8. The highest BCUT2D eigenvalue weighted by atomic mass is 32.1. The molecule has 0 saturated carbocycles. The number of nitrogens with zero attached hydrogens (tertiary/aromatic N) is 2. The number of halogens is 1. The van der Waals surface area contributed by atoms with Gasteiger partial charge in [-0.05, 0) is 43.8 Å². The van der Waals surface area contributed by atoms with Gasteiger partial charge in [0.15, 0.2) is 0 Å². The van der Waals surface area contributed by atoms with E-state index in [1.54, 1.807) is 0 Å². The molecular formula is C22H22FN3O4S. The van der Waals surface area contributed by atoms with E-state index >= 15 is 0 Å². The summed E-state index contributed by atoms with van der Waals surface area (Å²) in [6, 6.07) is 9.42. The third-order valence-electron chi connectivity index (χ3n) is 5.25. The van der Waals surface area contributed by atoms with Gasteiger partial charge in [0.25, 0.3) is 5.91 Å². The van der Waals surface area contributed by atoms with Crippen LogP contribution >= 0.6 is 11.3 Å². The van der Waals surface area contributed by atoms with Crippen molar-refractivity contribution in [3.05, 3.63) is 58.3 Å². The molecule has 2 aromatic heterocycles. The molecule has 1 N–H and O–H groups in total. The van der Waals surface area contributed by atoms with Crippen molar-refractivity contribution in [3.8, 4) is 0 Å². The number of aromatic nitrogens is 1. The second-order valence-electron chi connectivity index (χ2n) is 7.35. The molecule has 3 heterocycles. The predicted molar refractivity (Wildman–Crippen MR) is 116 cm³/mol. The van der Waals surface area contributed by atoms with Crippen molar-refractivity contribution in [1.82, 2.24) is 9.88 Å². The minimum Gasteiger partial charge on any atom is -0.465 e. The molecule has 1 aromatic carbocycles. The third kappa shape index (κ3) is 4.58. The molecule has 3 aromatic rings. The molecule has 1 aliphatic rings. The van der Waals surface area contributed by atoms with Gasteiger partial charge in [0.1, 0.15) is 15.5 Å². The van der Waals surface area contributed by atoms with E-state index in [2.05, 4.69) is 10.2 Å². The van der Waals surface area contributed by atoms with E-state index < -0.39 is 17.7 Å². The molecule has 31 heavy (non-hydrogen) atoms. The zero-order chi connectivity index (χ0) is 22.0. The fourth-order valence-electron chi connectivity index (χ4n) is 3.54. The van der Waals surface area contributed by atoms with Gasteiger partial charge in [0, 0.05) is 30.1 Å². The van der Waals surface area contributed by atoms with Gasteiger partial charge in [-0.3, -0.25) is 9.69 Å². The molecule has 1 unspecified atom stereocenters. The Balaban J connectivity index is 1.64. The predicted octanol–water partition coefficient (Wildman–Crippen LogP) is 3.70. The Labute approximate surface area is 182 Å². The van der Waals surface area contributed by atoms with Crippen molar-refractivity contribution in [2.75, 3.05) is 32.7 Å². The third-order valence-corrected chi connectivity index (χ3v) is 6.33. The maximum atomic E-state index is 13.5. The number of rotatable bonds is 6. The smallest absolute Gasteiger partial charge is 0.350 e. The van der Waals surface area contributed by atoms with Gasteiger partial charge >= 0.3 is 5.97 Å². The maximum Gasteiger partial charge on any atom is 0.350 e. The first-order chi connectivity index (χ1) is 15.0. The minimum absolute atomic E-state index is 0.153. The number of hydrogen-bond acceptors (Lipinski definition) is 7. The number of nitrogens with one attached hydrogen (secondary N) is 1. The van der Waals surface area contributed by atoms with Crippen LogP contribution in [0, 0.1) is 5.82 Å². The van der Waals surface area contributed by atoms with Crippen LogP contribution in [0.3, 0.4) is 0 Å². The summed E-state index contributed by atoms with van der Waals surface area (Å²) in [6.07, 6.45) is 0.987. The summed E-state index contributed by atoms with van der Waals surface area (Å²) in [7, 11) is 3.31. The number of pyridine rings is 1. The summed E-state index contributed by atoms with van der Waals surface area (Å²) in [5, 5.41) is 3.36. The molecule has 9 heteroatoms. The van der Waals surface area contributed by atoms with Crippen LogP contribution in [0.2, 0.25) is 0 Å². The van der Waals surface area contributed by atoms with E-state index in [-0.39, 0.29) is 10.4 Å². The Bertz CT molecular complexity index is 1130. The quantitative estimate of drug-likeness (QED) is 0.585. The number of thiophene rings is 1. The highest BCUT2D eigenvalue weighted by Gasteiger charge is 2.24. The first-order valence-electron chi connectivity index (χ1n) is 9.82. The lowest BCUT2D eigenvalue weighted by Gasteiger charge is -2.22. The highest BCUT2D eigenvalue weighted by Crippen LogP contribution is 2.36. The molecule has 1 saturated heterocycles. The van der Waals surface area contributed by atoms with E-state index in [1.807, 2.05) is 19.2 Å². The van der Waals surface area contributed by atoms with Crippen molar-refractivity contribution in [2.24, 2.45) is 0 Å². The average molecular weight is 444 g/mol. The van der Waals surface area contributed by atoms with Crippen LogP contribution in [0.15, 0.2) is 36.4 Å². The Morgan fingerprint density at radius 2 is 2.19 bits per heavy atom. The van der Waals surface area contributed by atoms with Gasteiger partial charge < -0.3 is 14.8 Å². The number of methoxy groups -OCH3 is 1. The van der Waals surface area contributed by atoms with Gasteiger partial charge in [-0.15, -0.1) is 11.3 Å². The lowest BCUT2D eigenvalue weighted by atomic mass is 10.2. The summed E-state index contributed by atoms with van der Waals surface area (Å²) in [4.78, 5) is 32.8. The summed E-state index contributed by atoms with van der Waals surface area (Å²) >= 11 is 1.15. The number of anilines is 1. The standard InChI is InChI=1S/C22H22FN3O4S/c1-26(16-8-9-30-12-16)11-15-6-7-17-18(19(22(28)29-2)31-21(17)24-15)25-20(27)13-4-3-5-14(23)10-13/h3-7,10,16H,8-9,11-12H2,1-2H3,(H,25,27). The molecule has 1 amide bonds. The lowest BCUT2D eigenvalue weighted by molar-refractivity contribution is 0.0607. The van der Waals surface area contributed by atoms with Gasteiger partial charge in [-0.2, -0.15) is 0 Å². The fraction of sp³-hybridized carbons (Fsp3) is 0.318. The Hall–Kier alpha value is -2.88. The van der Waals surface area contributed by atoms with Gasteiger partial charge in [-0.1, -0.05) is 6.07 Å². The van der Waals surface area contributed by atoms with Crippen LogP contribution in [-0.2, 0) is 16.0 Å². The van der Waals surface area contributed by atoms with E-state index in [9.17, 15) is 14.0 Å². The molecule has 0 aliphatic carbocycles. The number of benzene rings is 1. The first kappa shape index (κ1) is 21.4. The molecule has 7 nitrogen and oxygen atoms in total. The molecular weight excluding hydrogens is 421 g/mol. The van der Waals surface area contributed by atoms with Crippen molar-refractivity contribution >= 4 is 39.1 Å². The number of ether oxygens (including phenoxy) is 2. The minimum atomic E-state index is -0.570. The Kier molecular flexibility index (Phi) is 6.26. The van der Waals surface area contributed by atoms with Crippen molar-refractivity contribution < 1.29 is 23.5 Å². The number of esters is 1. The van der Waals surface area contributed by atoms with E-state index in [4.69, 9.17) is 14.5 Å². The van der Waals surface area contributed by atoms with Crippen molar-refractivity contribution in [3.63, 3.8) is 0 Å². The highest BCUT2D eigenvalue weighted by molar-refractivity contribution is 7.21. The number of likely N-dealkylation sites (N-methyl/N-ethyl adjacent to an activating group) is 1. The Morgan fingerprint density at radius 1 is 1.35 bits per heavy atom. The molecule has 162 valence electrons. The van der Waals surface area contributed by atoms with Crippen LogP contribution in [0.5, 0.6) is 0 Å². The zero-order valence-corrected chi connectivity index (χ0v) is 18.0. The SMILES string of the molecule is COC(=O)c1sc2nc(CN(C)C3CCOC3)ccc2c1NC(=O)c1cccc(F)c1. The number of hydrogen-bond donors (Lipinski definition) is 1. The van der Waals surface area contributed by atoms with Crippen LogP contribution in [0.4, 0.5) is 10.1 Å². The largest absolute Gasteiger partial charge is 0.465 e. The van der Waals surface area contributed by atoms with Gasteiger partial charge in [0.2, 0.25) is 0 Å². The Morgan fingerprint density at radius 3 is 2.90 bits per heavy atom. The normalized spacial score (nSPS) is 16.1. The van der Waals surface area contributed by atoms with Crippen LogP contribution in [0.25, 0.3) is 10.2 Å². The van der Waals surface area contributed by atoms with Crippen molar-refractivity contribution in [1.29, 1.82) is 0 Å². The monoisotopic (exact) mass is 443 g/mol. The summed E-state index contributed by atoms with van der Waals surface area (Å²) in [5.41, 5.74) is 1.32. The molecule has 1 aliphatic heterocycles. The lowest BCUT2D eigenvalue weighted by Crippen LogP contribution is -2.31. The van der Waals surface area contributed by atoms with Gasteiger partial charge in [0.05, 0.1) is 25.1 Å². The van der Waals surface area contributed by atoms with E-state index in [0.717, 1.165) is 36.1 Å². The maximum absolute atomic E-state index is 13.5. The number of amides is 1. The molecule has 0 spiro atoms. The zero-order valence-electron chi connectivity index (χ0n) is 17.2. The van der Waals surface area contributed by atoms with Crippen molar-refractivity contribution in [2.45, 2.75) is 19.0 Å². The molecule has 0 radical (unpaired) electrons. The van der Waals surface area contributed by atoms with Crippen LogP contribution in [-0.4, -0.2) is 55.2 Å². The topological polar surface area (TPSA) is 80.8 Å². The molecule has 1 atom stereocenters. The second kappa shape index (κ2) is 9.09. The molecule has 1 fully saturated rings. The number of carbonyl (C=O) groups excluding carboxylic acids is 2. The molecule has 4 rings (SSSR count). The van der Waals surface area contributed by atoms with E-state index in [1.165, 1.54) is 25.3 Å². The number of fused-ring (bicyclic) bond motifs is 1. The fourth-order valence-corrected chi connectivity index (χ4v) is 4.60. The van der Waals surface area contributed by atoms with Crippen LogP contribution < -0.4 is 5.32 Å². The number of carbonyl (C=O) groups is 2. The van der Waals surface area contributed by atoms with Gasteiger partial charge in [-0.25, -0.2) is 14.2 Å². The van der Waals surface area contributed by atoms with E-state index in [0.29, 0.717) is 35.1 Å². The first-order valence-corrected chi connectivity index (χ1v) is 10.6. The average Bonchev–Trinajstić information content (AvgIpc) is 3.42. The summed E-state index contributed by atoms with van der Waals surface area (Å²) in [5.74, 6) is -1.60. The molecule has 0 bridgehead atoms. The summed E-state index contributed by atoms with van der Waals surface area (Å²) in [6.45, 7) is 2.12. The second-order valence-corrected chi connectivity index (χ2v) is 8.35. The van der Waals surface area contributed by atoms with Crippen LogP contribution in [0.1, 0.15) is 32.1 Å².